The van der Waals surface area contributed by atoms with E-state index >= 15 is 0 Å². The Labute approximate surface area is 298 Å². The van der Waals surface area contributed by atoms with Crippen molar-refractivity contribution in [1.82, 2.24) is 16.0 Å². The van der Waals surface area contributed by atoms with E-state index < -0.39 is 49.3 Å². The second-order valence-corrected chi connectivity index (χ2v) is 18.0. The normalized spacial score (nSPS) is 13.5. The van der Waals surface area contributed by atoms with Crippen LogP contribution in [0.25, 0.3) is 0 Å². The van der Waals surface area contributed by atoms with Crippen molar-refractivity contribution in [2.75, 3.05) is 6.61 Å². The summed E-state index contributed by atoms with van der Waals surface area (Å²) in [5.74, 6) is -1.89. The molecule has 0 fully saturated rings. The molecule has 3 amide bonds. The summed E-state index contributed by atoms with van der Waals surface area (Å²) in [6, 6.07) is 25.7. The molecule has 0 aliphatic heterocycles. The van der Waals surface area contributed by atoms with Gasteiger partial charge in [-0.25, -0.2) is 4.79 Å². The summed E-state index contributed by atoms with van der Waals surface area (Å²) in [7, 11) is -3.37. The highest BCUT2D eigenvalue weighted by Crippen LogP contribution is 2.40. The number of benzene rings is 3. The summed E-state index contributed by atoms with van der Waals surface area (Å²) >= 11 is 0. The number of nitrogens with one attached hydrogen (secondary N) is 3. The van der Waals surface area contributed by atoms with E-state index in [4.69, 9.17) is 4.74 Å². The standard InChI is InChI=1S/C40H55N3O6Si/c1-7-8-26-49-39(47)36(28-31-18-12-9-13-19-31)43-38(46)35(27-29(2)3)42-37(45)34(41-30(4)44)24-25-40(5,6)50(48,32-20-14-10-15-21-32)33-22-16-11-17-23-33/h9-23,29,34-36,48H,7-8,24-28H2,1-6H3,(H,41,44)(H,42,45)(H,43,46)/t34-,35-,36-/m0/s1. The topological polar surface area (TPSA) is 134 Å². The molecule has 10 heteroatoms. The molecule has 0 bridgehead atoms. The lowest BCUT2D eigenvalue weighted by molar-refractivity contribution is -0.148. The highest BCUT2D eigenvalue weighted by atomic mass is 28.4. The zero-order valence-corrected chi connectivity index (χ0v) is 31.4. The highest BCUT2D eigenvalue weighted by Gasteiger charge is 2.50. The number of ether oxygens (including phenoxy) is 1. The van der Waals surface area contributed by atoms with Gasteiger partial charge in [-0.05, 0) is 52.6 Å². The molecule has 270 valence electrons. The summed E-state index contributed by atoms with van der Waals surface area (Å²) in [6.07, 6.45) is 2.75. The van der Waals surface area contributed by atoms with Crippen LogP contribution in [0, 0.1) is 5.92 Å². The van der Waals surface area contributed by atoms with Gasteiger partial charge in [0.2, 0.25) is 17.7 Å². The molecule has 0 unspecified atom stereocenters. The first kappa shape index (κ1) is 40.1. The Morgan fingerprint density at radius 3 is 1.76 bits per heavy atom. The zero-order chi connectivity index (χ0) is 36.7. The van der Waals surface area contributed by atoms with Gasteiger partial charge in [0.1, 0.15) is 18.1 Å². The van der Waals surface area contributed by atoms with E-state index in [1.165, 1.54) is 6.92 Å². The van der Waals surface area contributed by atoms with Crippen molar-refractivity contribution in [1.29, 1.82) is 0 Å². The number of amides is 3. The van der Waals surface area contributed by atoms with E-state index in [0.29, 0.717) is 19.3 Å². The molecule has 0 aliphatic rings. The van der Waals surface area contributed by atoms with Crippen LogP contribution in [0.5, 0.6) is 0 Å². The van der Waals surface area contributed by atoms with Crippen LogP contribution in [-0.4, -0.2) is 61.5 Å². The molecule has 0 saturated heterocycles. The maximum absolute atomic E-state index is 13.9. The number of hydrogen-bond donors (Lipinski definition) is 4. The van der Waals surface area contributed by atoms with Crippen LogP contribution in [-0.2, 0) is 30.3 Å². The van der Waals surface area contributed by atoms with Crippen LogP contribution in [0.3, 0.4) is 0 Å². The Kier molecular flexibility index (Phi) is 15.4. The lowest BCUT2D eigenvalue weighted by atomic mass is 9.99. The van der Waals surface area contributed by atoms with Gasteiger partial charge in [0.15, 0.2) is 0 Å². The molecule has 0 radical (unpaired) electrons. The van der Waals surface area contributed by atoms with E-state index in [1.54, 1.807) is 0 Å². The number of carbonyl (C=O) groups excluding carboxylic acids is 4. The Hall–Kier alpha value is -4.28. The van der Waals surface area contributed by atoms with E-state index in [2.05, 4.69) is 16.0 Å². The summed E-state index contributed by atoms with van der Waals surface area (Å²) < 4.78 is 5.49. The van der Waals surface area contributed by atoms with Crippen molar-refractivity contribution in [3.63, 3.8) is 0 Å². The molecule has 0 saturated carbocycles. The van der Waals surface area contributed by atoms with Crippen molar-refractivity contribution < 1.29 is 28.7 Å². The molecule has 3 aromatic rings. The van der Waals surface area contributed by atoms with E-state index in [0.717, 1.165) is 22.4 Å². The second kappa shape index (κ2) is 19.2. The minimum absolute atomic E-state index is 0.0334. The minimum Gasteiger partial charge on any atom is -0.464 e. The first-order chi connectivity index (χ1) is 23.8. The molecular weight excluding hydrogens is 647 g/mol. The molecule has 9 nitrogen and oxygen atoms in total. The molecule has 3 atom stereocenters. The van der Waals surface area contributed by atoms with Crippen LogP contribution in [0.2, 0.25) is 5.04 Å². The van der Waals surface area contributed by atoms with Gasteiger partial charge in [-0.3, -0.25) is 14.4 Å². The average molecular weight is 702 g/mol. The quantitative estimate of drug-likeness (QED) is 0.0832. The SMILES string of the molecule is CCCCOC(=O)[C@H](Cc1ccccc1)NC(=O)[C@H](CC(C)C)NC(=O)[C@H](CCC(C)(C)[Si](O)(c1ccccc1)c1ccccc1)NC(C)=O. The largest absolute Gasteiger partial charge is 0.464 e. The summed E-state index contributed by atoms with van der Waals surface area (Å²) in [5, 5.41) is 9.55. The Bertz CT molecular complexity index is 1480. The van der Waals surface area contributed by atoms with Crippen LogP contribution < -0.4 is 26.3 Å². The Morgan fingerprint density at radius 2 is 1.26 bits per heavy atom. The van der Waals surface area contributed by atoms with Crippen molar-refractivity contribution in [3.8, 4) is 0 Å². The van der Waals surface area contributed by atoms with Crippen LogP contribution >= 0.6 is 0 Å². The van der Waals surface area contributed by atoms with Crippen molar-refractivity contribution in [2.24, 2.45) is 5.92 Å². The van der Waals surface area contributed by atoms with Gasteiger partial charge in [0.25, 0.3) is 8.32 Å². The van der Waals surface area contributed by atoms with Gasteiger partial charge in [0.05, 0.1) is 6.61 Å². The summed E-state index contributed by atoms with van der Waals surface area (Å²) in [4.78, 5) is 65.8. The molecule has 50 heavy (non-hydrogen) atoms. The number of rotatable bonds is 19. The van der Waals surface area contributed by atoms with Gasteiger partial charge in [-0.1, -0.05) is 132 Å². The molecule has 4 N–H and O–H groups in total. The number of unbranched alkanes of at least 4 members (excludes halogenated alkanes) is 1. The molecule has 0 aliphatic carbocycles. The maximum Gasteiger partial charge on any atom is 0.328 e. The van der Waals surface area contributed by atoms with E-state index in [-0.39, 0.29) is 31.3 Å². The summed E-state index contributed by atoms with van der Waals surface area (Å²) in [6.45, 7) is 11.5. The van der Waals surface area contributed by atoms with Gasteiger partial charge in [-0.15, -0.1) is 0 Å². The molecule has 0 heterocycles. The molecule has 0 spiro atoms. The van der Waals surface area contributed by atoms with Crippen LogP contribution in [0.15, 0.2) is 91.0 Å². The van der Waals surface area contributed by atoms with Crippen molar-refractivity contribution in [3.05, 3.63) is 96.6 Å². The highest BCUT2D eigenvalue weighted by molar-refractivity contribution is 6.98. The third kappa shape index (κ3) is 11.4. The van der Waals surface area contributed by atoms with Gasteiger partial charge in [-0.2, -0.15) is 0 Å². The Morgan fingerprint density at radius 1 is 0.760 bits per heavy atom. The van der Waals surface area contributed by atoms with Crippen molar-refractivity contribution >= 4 is 42.4 Å². The van der Waals surface area contributed by atoms with Crippen LogP contribution in [0.1, 0.15) is 79.2 Å². The fraction of sp³-hybridized carbons (Fsp3) is 0.450. The van der Waals surface area contributed by atoms with Gasteiger partial charge in [0, 0.05) is 13.3 Å². The fourth-order valence-electron chi connectivity index (χ4n) is 6.22. The Balaban J connectivity index is 1.83. The zero-order valence-electron chi connectivity index (χ0n) is 30.4. The third-order valence-electron chi connectivity index (χ3n) is 9.08. The monoisotopic (exact) mass is 701 g/mol. The predicted molar refractivity (Wildman–Crippen MR) is 200 cm³/mol. The number of carbonyl (C=O) groups is 4. The molecule has 0 aromatic heterocycles. The molecular formula is C40H55N3O6Si. The van der Waals surface area contributed by atoms with Crippen LogP contribution in [0.4, 0.5) is 0 Å². The van der Waals surface area contributed by atoms with Gasteiger partial charge >= 0.3 is 5.97 Å². The minimum atomic E-state index is -3.37. The third-order valence-corrected chi connectivity index (χ3v) is 13.6. The van der Waals surface area contributed by atoms with Gasteiger partial charge < -0.3 is 25.5 Å². The first-order valence-corrected chi connectivity index (χ1v) is 19.6. The van der Waals surface area contributed by atoms with Crippen molar-refractivity contribution in [2.45, 2.75) is 103 Å². The summed E-state index contributed by atoms with van der Waals surface area (Å²) in [5.41, 5.74) is 0.859. The lowest BCUT2D eigenvalue weighted by Gasteiger charge is -2.42. The predicted octanol–water partition coefficient (Wildman–Crippen LogP) is 4.41. The smallest absolute Gasteiger partial charge is 0.328 e. The maximum atomic E-state index is 13.9. The molecule has 3 aromatic carbocycles. The number of esters is 1. The fourth-order valence-corrected chi connectivity index (χ4v) is 9.97. The lowest BCUT2D eigenvalue weighted by Crippen LogP contribution is -2.65. The first-order valence-electron chi connectivity index (χ1n) is 17.7. The molecule has 3 rings (SSSR count). The van der Waals surface area contributed by atoms with E-state index in [9.17, 15) is 24.0 Å². The number of hydrogen-bond acceptors (Lipinski definition) is 6. The van der Waals surface area contributed by atoms with E-state index in [1.807, 2.05) is 126 Å². The second-order valence-electron chi connectivity index (χ2n) is 14.1. The average Bonchev–Trinajstić information content (AvgIpc) is 3.09.